The second-order valence-electron chi connectivity index (χ2n) is 7.78. The standard InChI is InChI=1S/C27H15BrN2/c28-21-13-10-16-8-12-20-25-17(9-11-19(21)24(16)25)15-23-26(20)27-22(7-4-14-29-27)30(23)18-5-2-1-3-6-18/h1-15H. The number of hydrogen-bond acceptors (Lipinski definition) is 1. The van der Waals surface area contributed by atoms with Crippen LogP contribution >= 0.6 is 15.9 Å². The molecular weight excluding hydrogens is 432 g/mol. The van der Waals surface area contributed by atoms with Crippen LogP contribution in [0.5, 0.6) is 0 Å². The number of halogens is 1. The van der Waals surface area contributed by atoms with Crippen LogP contribution in [0, 0.1) is 0 Å². The molecule has 0 N–H and O–H groups in total. The third-order valence-electron chi connectivity index (χ3n) is 6.23. The summed E-state index contributed by atoms with van der Waals surface area (Å²) in [4.78, 5) is 4.83. The predicted octanol–water partition coefficient (Wildman–Crippen LogP) is 7.84. The number of pyridine rings is 1. The van der Waals surface area contributed by atoms with E-state index < -0.39 is 0 Å². The van der Waals surface area contributed by atoms with E-state index in [9.17, 15) is 0 Å². The fourth-order valence-corrected chi connectivity index (χ4v) is 5.47. The molecule has 0 aliphatic carbocycles. The van der Waals surface area contributed by atoms with Crippen molar-refractivity contribution in [1.29, 1.82) is 0 Å². The van der Waals surface area contributed by atoms with E-state index in [1.54, 1.807) is 0 Å². The highest BCUT2D eigenvalue weighted by molar-refractivity contribution is 9.10. The van der Waals surface area contributed by atoms with Crippen LogP contribution in [0.15, 0.2) is 95.6 Å². The summed E-state index contributed by atoms with van der Waals surface area (Å²) in [7, 11) is 0. The Bertz CT molecular complexity index is 1750. The fraction of sp³-hybridized carbons (Fsp3) is 0. The van der Waals surface area contributed by atoms with Crippen molar-refractivity contribution in [3.63, 3.8) is 0 Å². The number of hydrogen-bond donors (Lipinski definition) is 0. The van der Waals surface area contributed by atoms with Gasteiger partial charge in [0.2, 0.25) is 0 Å². The minimum Gasteiger partial charge on any atom is -0.308 e. The molecular formula is C27H15BrN2. The van der Waals surface area contributed by atoms with E-state index in [0.717, 1.165) is 21.2 Å². The van der Waals surface area contributed by atoms with Crippen LogP contribution in [0.3, 0.4) is 0 Å². The van der Waals surface area contributed by atoms with Crippen LogP contribution < -0.4 is 0 Å². The third-order valence-corrected chi connectivity index (χ3v) is 6.92. The van der Waals surface area contributed by atoms with E-state index in [4.69, 9.17) is 4.98 Å². The monoisotopic (exact) mass is 446 g/mol. The maximum Gasteiger partial charge on any atom is 0.0969 e. The summed E-state index contributed by atoms with van der Waals surface area (Å²) in [5.74, 6) is 0. The van der Waals surface area contributed by atoms with Crippen LogP contribution in [0.2, 0.25) is 0 Å². The maximum absolute atomic E-state index is 4.83. The number of fused-ring (bicyclic) bond motifs is 4. The molecule has 140 valence electrons. The van der Waals surface area contributed by atoms with Gasteiger partial charge in [0.15, 0.2) is 0 Å². The molecule has 0 aliphatic heterocycles. The molecule has 7 rings (SSSR count). The average molecular weight is 447 g/mol. The van der Waals surface area contributed by atoms with Gasteiger partial charge >= 0.3 is 0 Å². The topological polar surface area (TPSA) is 17.8 Å². The van der Waals surface area contributed by atoms with Crippen molar-refractivity contribution in [2.45, 2.75) is 0 Å². The molecule has 0 amide bonds. The van der Waals surface area contributed by atoms with Gasteiger partial charge in [0, 0.05) is 21.7 Å². The van der Waals surface area contributed by atoms with E-state index >= 15 is 0 Å². The van der Waals surface area contributed by atoms with Gasteiger partial charge < -0.3 is 4.57 Å². The third kappa shape index (κ3) is 2.00. The normalized spacial score (nSPS) is 12.2. The summed E-state index contributed by atoms with van der Waals surface area (Å²) in [6, 6.07) is 30.4. The SMILES string of the molecule is Brc1ccc2ccc3c4c(ccc1c24)cc1c3c2ncccc2n1-c1ccccc1. The Morgan fingerprint density at radius 3 is 2.30 bits per heavy atom. The number of rotatable bonds is 1. The van der Waals surface area contributed by atoms with Crippen LogP contribution in [0.25, 0.3) is 59.9 Å². The molecule has 0 fully saturated rings. The lowest BCUT2D eigenvalue weighted by Crippen LogP contribution is -1.93. The Morgan fingerprint density at radius 2 is 1.40 bits per heavy atom. The highest BCUT2D eigenvalue weighted by Gasteiger charge is 2.19. The van der Waals surface area contributed by atoms with Crippen LogP contribution in [0.1, 0.15) is 0 Å². The molecule has 0 aliphatic rings. The van der Waals surface area contributed by atoms with Gasteiger partial charge in [-0.2, -0.15) is 0 Å². The largest absolute Gasteiger partial charge is 0.308 e. The number of benzene rings is 5. The summed E-state index contributed by atoms with van der Waals surface area (Å²) in [5.41, 5.74) is 4.53. The molecule has 30 heavy (non-hydrogen) atoms. The highest BCUT2D eigenvalue weighted by Crippen LogP contribution is 2.43. The molecule has 5 aromatic carbocycles. The van der Waals surface area contributed by atoms with Crippen LogP contribution in [0.4, 0.5) is 0 Å². The minimum atomic E-state index is 1.05. The molecule has 0 atom stereocenters. The van der Waals surface area contributed by atoms with Crippen LogP contribution in [-0.2, 0) is 0 Å². The Balaban J connectivity index is 1.80. The summed E-state index contributed by atoms with van der Waals surface area (Å²) in [6.45, 7) is 0. The Morgan fingerprint density at radius 1 is 0.633 bits per heavy atom. The molecule has 2 aromatic heterocycles. The minimum absolute atomic E-state index is 1.05. The van der Waals surface area contributed by atoms with Gasteiger partial charge in [0.25, 0.3) is 0 Å². The molecule has 0 saturated carbocycles. The zero-order chi connectivity index (χ0) is 19.8. The van der Waals surface area contributed by atoms with E-state index in [2.05, 4.69) is 99.4 Å². The smallest absolute Gasteiger partial charge is 0.0969 e. The zero-order valence-corrected chi connectivity index (χ0v) is 17.5. The fourth-order valence-electron chi connectivity index (χ4n) is 5.01. The molecule has 0 radical (unpaired) electrons. The first-order valence-corrected chi connectivity index (χ1v) is 10.8. The summed E-state index contributed by atoms with van der Waals surface area (Å²) >= 11 is 3.75. The van der Waals surface area contributed by atoms with Gasteiger partial charge in [0.05, 0.1) is 16.6 Å². The van der Waals surface area contributed by atoms with E-state index in [1.807, 2.05) is 12.3 Å². The molecule has 0 bridgehead atoms. The lowest BCUT2D eigenvalue weighted by molar-refractivity contribution is 1.18. The summed E-state index contributed by atoms with van der Waals surface area (Å²) < 4.78 is 3.47. The van der Waals surface area contributed by atoms with Gasteiger partial charge in [-0.3, -0.25) is 4.98 Å². The quantitative estimate of drug-likeness (QED) is 0.235. The van der Waals surface area contributed by atoms with Crippen molar-refractivity contribution < 1.29 is 0 Å². The molecule has 0 unspecified atom stereocenters. The molecule has 2 nitrogen and oxygen atoms in total. The summed E-state index contributed by atoms with van der Waals surface area (Å²) in [6.07, 6.45) is 1.89. The van der Waals surface area contributed by atoms with E-state index in [1.165, 1.54) is 43.2 Å². The van der Waals surface area contributed by atoms with Gasteiger partial charge in [0.1, 0.15) is 0 Å². The first kappa shape index (κ1) is 16.4. The van der Waals surface area contributed by atoms with Crippen molar-refractivity contribution in [2.75, 3.05) is 0 Å². The van der Waals surface area contributed by atoms with E-state index in [-0.39, 0.29) is 0 Å². The van der Waals surface area contributed by atoms with Crippen molar-refractivity contribution >= 4 is 70.2 Å². The van der Waals surface area contributed by atoms with Crippen LogP contribution in [-0.4, -0.2) is 9.55 Å². The molecule has 2 heterocycles. The zero-order valence-electron chi connectivity index (χ0n) is 15.9. The number of para-hydroxylation sites is 1. The second-order valence-corrected chi connectivity index (χ2v) is 8.64. The first-order chi connectivity index (χ1) is 14.8. The van der Waals surface area contributed by atoms with E-state index in [0.29, 0.717) is 0 Å². The highest BCUT2D eigenvalue weighted by atomic mass is 79.9. The maximum atomic E-state index is 4.83. The number of aromatic nitrogens is 2. The Kier molecular flexibility index (Phi) is 3.17. The van der Waals surface area contributed by atoms with Crippen molar-refractivity contribution in [3.8, 4) is 5.69 Å². The average Bonchev–Trinajstić information content (AvgIpc) is 3.13. The predicted molar refractivity (Wildman–Crippen MR) is 130 cm³/mol. The van der Waals surface area contributed by atoms with Crippen molar-refractivity contribution in [1.82, 2.24) is 9.55 Å². The lowest BCUT2D eigenvalue weighted by Gasteiger charge is -2.14. The first-order valence-electron chi connectivity index (χ1n) is 10.0. The van der Waals surface area contributed by atoms with Gasteiger partial charge in [-0.05, 0) is 68.7 Å². The molecule has 0 spiro atoms. The Labute approximate surface area is 180 Å². The number of nitrogens with zero attached hydrogens (tertiary/aromatic N) is 2. The van der Waals surface area contributed by atoms with Gasteiger partial charge in [-0.15, -0.1) is 0 Å². The van der Waals surface area contributed by atoms with Gasteiger partial charge in [-0.25, -0.2) is 0 Å². The summed E-state index contributed by atoms with van der Waals surface area (Å²) in [5, 5.41) is 8.89. The van der Waals surface area contributed by atoms with Gasteiger partial charge in [-0.1, -0.05) is 64.5 Å². The lowest BCUT2D eigenvalue weighted by atomic mass is 9.92. The van der Waals surface area contributed by atoms with Crippen molar-refractivity contribution in [2.24, 2.45) is 0 Å². The molecule has 7 aromatic rings. The molecule has 0 saturated heterocycles. The second kappa shape index (κ2) is 5.80. The Hall–Kier alpha value is -3.43. The van der Waals surface area contributed by atoms with Crippen molar-refractivity contribution in [3.05, 3.63) is 95.6 Å². The molecule has 3 heteroatoms.